The Labute approximate surface area is 127 Å². The summed E-state index contributed by atoms with van der Waals surface area (Å²) in [6.45, 7) is 0.0434. The molecule has 2 aromatic carbocycles. The maximum Gasteiger partial charge on any atom is 0.243 e. The average molecular weight is 303 g/mol. The molecule has 0 atom stereocenters. The molecule has 0 fully saturated rings. The van der Waals surface area contributed by atoms with Crippen molar-refractivity contribution in [2.75, 3.05) is 17.2 Å². The summed E-state index contributed by atoms with van der Waals surface area (Å²) >= 11 is 5.83. The van der Waals surface area contributed by atoms with Gasteiger partial charge in [0.1, 0.15) is 5.82 Å². The highest BCUT2D eigenvalue weighted by Crippen LogP contribution is 2.22. The van der Waals surface area contributed by atoms with Crippen LogP contribution in [-0.4, -0.2) is 12.5 Å². The van der Waals surface area contributed by atoms with Gasteiger partial charge < -0.3 is 10.6 Å². The van der Waals surface area contributed by atoms with Crippen molar-refractivity contribution in [3.05, 3.63) is 58.9 Å². The highest BCUT2D eigenvalue weighted by atomic mass is 35.5. The lowest BCUT2D eigenvalue weighted by molar-refractivity contribution is -0.114. The Morgan fingerprint density at radius 3 is 2.81 bits per heavy atom. The van der Waals surface area contributed by atoms with E-state index in [1.807, 2.05) is 0 Å². The molecule has 0 aliphatic heterocycles. The Kier molecular flexibility index (Phi) is 4.81. The van der Waals surface area contributed by atoms with E-state index in [9.17, 15) is 9.18 Å². The molecule has 2 rings (SSSR count). The van der Waals surface area contributed by atoms with Gasteiger partial charge in [0.05, 0.1) is 17.3 Å². The number of hydrogen-bond donors (Lipinski definition) is 2. The summed E-state index contributed by atoms with van der Waals surface area (Å²) in [4.78, 5) is 11.8. The number of rotatable bonds is 4. The number of halogens is 2. The SMILES string of the molecule is C#Cc1cccc(NCC(=O)Nc2ccc(F)cc2Cl)c1. The second-order valence-corrected chi connectivity index (χ2v) is 4.66. The molecule has 0 saturated carbocycles. The van der Waals surface area contributed by atoms with Crippen molar-refractivity contribution in [2.24, 2.45) is 0 Å². The molecule has 3 nitrogen and oxygen atoms in total. The van der Waals surface area contributed by atoms with Gasteiger partial charge in [0, 0.05) is 11.3 Å². The van der Waals surface area contributed by atoms with Gasteiger partial charge in [-0.1, -0.05) is 23.6 Å². The predicted octanol–water partition coefficient (Wildman–Crippen LogP) is 3.51. The number of carbonyl (C=O) groups excluding carboxylic acids is 1. The minimum Gasteiger partial charge on any atom is -0.376 e. The van der Waals surface area contributed by atoms with E-state index in [2.05, 4.69) is 16.6 Å². The van der Waals surface area contributed by atoms with Gasteiger partial charge in [0.2, 0.25) is 5.91 Å². The van der Waals surface area contributed by atoms with Crippen LogP contribution in [0.3, 0.4) is 0 Å². The van der Waals surface area contributed by atoms with Crippen LogP contribution in [0.4, 0.5) is 15.8 Å². The quantitative estimate of drug-likeness (QED) is 0.849. The number of anilines is 2. The molecule has 0 aromatic heterocycles. The number of hydrogen-bond acceptors (Lipinski definition) is 2. The maximum absolute atomic E-state index is 12.9. The normalized spacial score (nSPS) is 9.76. The van der Waals surface area contributed by atoms with Crippen LogP contribution in [0.5, 0.6) is 0 Å². The first-order valence-corrected chi connectivity index (χ1v) is 6.52. The lowest BCUT2D eigenvalue weighted by Gasteiger charge is -2.09. The van der Waals surface area contributed by atoms with Crippen molar-refractivity contribution >= 4 is 28.9 Å². The van der Waals surface area contributed by atoms with Gasteiger partial charge in [0.15, 0.2) is 0 Å². The first-order chi connectivity index (χ1) is 10.1. The number of amides is 1. The van der Waals surface area contributed by atoms with Crippen LogP contribution in [0, 0.1) is 18.2 Å². The minimum atomic E-state index is -0.456. The van der Waals surface area contributed by atoms with Crippen LogP contribution in [0.2, 0.25) is 5.02 Å². The lowest BCUT2D eigenvalue weighted by atomic mass is 10.2. The van der Waals surface area contributed by atoms with Gasteiger partial charge in [-0.2, -0.15) is 0 Å². The van der Waals surface area contributed by atoms with Crippen LogP contribution in [0.1, 0.15) is 5.56 Å². The predicted molar refractivity (Wildman–Crippen MR) is 82.9 cm³/mol. The topological polar surface area (TPSA) is 41.1 Å². The number of benzene rings is 2. The maximum atomic E-state index is 12.9. The van der Waals surface area contributed by atoms with Crippen LogP contribution in [-0.2, 0) is 4.79 Å². The molecule has 2 N–H and O–H groups in total. The zero-order chi connectivity index (χ0) is 15.2. The third kappa shape index (κ3) is 4.23. The van der Waals surface area contributed by atoms with Gasteiger partial charge in [-0.05, 0) is 36.4 Å². The molecule has 1 amide bonds. The smallest absolute Gasteiger partial charge is 0.243 e. The third-order valence-corrected chi connectivity index (χ3v) is 3.00. The molecule has 106 valence electrons. The summed E-state index contributed by atoms with van der Waals surface area (Å²) in [7, 11) is 0. The van der Waals surface area contributed by atoms with Crippen molar-refractivity contribution < 1.29 is 9.18 Å². The van der Waals surface area contributed by atoms with E-state index in [0.717, 1.165) is 17.3 Å². The highest BCUT2D eigenvalue weighted by Gasteiger charge is 2.06. The van der Waals surface area contributed by atoms with E-state index in [4.69, 9.17) is 18.0 Å². The van der Waals surface area contributed by atoms with Gasteiger partial charge >= 0.3 is 0 Å². The monoisotopic (exact) mass is 302 g/mol. The summed E-state index contributed by atoms with van der Waals surface area (Å²) in [5.41, 5.74) is 1.83. The van der Waals surface area contributed by atoms with Crippen molar-refractivity contribution in [2.45, 2.75) is 0 Å². The largest absolute Gasteiger partial charge is 0.376 e. The van der Waals surface area contributed by atoms with Crippen LogP contribution >= 0.6 is 11.6 Å². The van der Waals surface area contributed by atoms with Crippen molar-refractivity contribution in [1.29, 1.82) is 0 Å². The molecular weight excluding hydrogens is 291 g/mol. The van der Waals surface area contributed by atoms with Gasteiger partial charge in [-0.3, -0.25) is 4.79 Å². The Morgan fingerprint density at radius 1 is 1.29 bits per heavy atom. The second-order valence-electron chi connectivity index (χ2n) is 4.25. The van der Waals surface area contributed by atoms with Crippen molar-refractivity contribution in [3.63, 3.8) is 0 Å². The fourth-order valence-corrected chi connectivity index (χ4v) is 1.90. The summed E-state index contributed by atoms with van der Waals surface area (Å²) in [5, 5.41) is 5.69. The standard InChI is InChI=1S/C16H12ClFN2O/c1-2-11-4-3-5-13(8-11)19-10-16(21)20-15-7-6-12(18)9-14(15)17/h1,3-9,19H,10H2,(H,20,21). The van der Waals surface area contributed by atoms with Crippen molar-refractivity contribution in [1.82, 2.24) is 0 Å². The van der Waals surface area contributed by atoms with Gasteiger partial charge in [-0.25, -0.2) is 4.39 Å². The van der Waals surface area contributed by atoms with Crippen LogP contribution < -0.4 is 10.6 Å². The molecule has 5 heteroatoms. The van der Waals surface area contributed by atoms with Crippen LogP contribution in [0.25, 0.3) is 0 Å². The lowest BCUT2D eigenvalue weighted by Crippen LogP contribution is -2.21. The number of nitrogens with one attached hydrogen (secondary N) is 2. The third-order valence-electron chi connectivity index (χ3n) is 2.69. The summed E-state index contributed by atoms with van der Waals surface area (Å²) in [6, 6.07) is 10.9. The van der Waals surface area contributed by atoms with E-state index >= 15 is 0 Å². The van der Waals surface area contributed by atoms with Crippen LogP contribution in [0.15, 0.2) is 42.5 Å². The van der Waals surface area contributed by atoms with Gasteiger partial charge in [-0.15, -0.1) is 6.42 Å². The fourth-order valence-electron chi connectivity index (χ4n) is 1.69. The summed E-state index contributed by atoms with van der Waals surface area (Å²) in [5.74, 6) is 1.76. The molecule has 2 aromatic rings. The molecule has 0 heterocycles. The van der Waals surface area contributed by atoms with E-state index < -0.39 is 5.82 Å². The van der Waals surface area contributed by atoms with E-state index in [0.29, 0.717) is 5.69 Å². The average Bonchev–Trinajstić information content (AvgIpc) is 2.48. The first kappa shape index (κ1) is 14.9. The second kappa shape index (κ2) is 6.78. The zero-order valence-electron chi connectivity index (χ0n) is 11.0. The molecule has 0 bridgehead atoms. The van der Waals surface area contributed by atoms with E-state index in [-0.39, 0.29) is 17.5 Å². The molecular formula is C16H12ClFN2O. The van der Waals surface area contributed by atoms with E-state index in [1.54, 1.807) is 24.3 Å². The first-order valence-electron chi connectivity index (χ1n) is 6.14. The number of terminal acetylenes is 1. The molecule has 21 heavy (non-hydrogen) atoms. The molecule has 0 saturated heterocycles. The molecule has 0 radical (unpaired) electrons. The summed E-state index contributed by atoms with van der Waals surface area (Å²) < 4.78 is 12.9. The molecule has 0 spiro atoms. The summed E-state index contributed by atoms with van der Waals surface area (Å²) in [6.07, 6.45) is 5.30. The molecule has 0 aliphatic rings. The fraction of sp³-hybridized carbons (Fsp3) is 0.0625. The van der Waals surface area contributed by atoms with E-state index in [1.165, 1.54) is 12.1 Å². The zero-order valence-corrected chi connectivity index (χ0v) is 11.7. The minimum absolute atomic E-state index is 0.0434. The number of carbonyl (C=O) groups is 1. The Bertz CT molecular complexity index is 710. The Hall–Kier alpha value is -2.51. The van der Waals surface area contributed by atoms with Crippen molar-refractivity contribution in [3.8, 4) is 12.3 Å². The Morgan fingerprint density at radius 2 is 2.10 bits per heavy atom. The van der Waals surface area contributed by atoms with Gasteiger partial charge in [0.25, 0.3) is 0 Å². The highest BCUT2D eigenvalue weighted by molar-refractivity contribution is 6.33. The Balaban J connectivity index is 1.94. The molecule has 0 unspecified atom stereocenters. The molecule has 0 aliphatic carbocycles.